The molecule has 5 heteroatoms. The molecule has 2 unspecified atom stereocenters. The largest absolute Gasteiger partial charge is 0.395 e. The van der Waals surface area contributed by atoms with E-state index in [0.717, 1.165) is 11.3 Å². The number of nitrogens with zero attached hydrogens (tertiary/aromatic N) is 1. The Kier molecular flexibility index (Phi) is 4.44. The second-order valence-electron chi connectivity index (χ2n) is 4.72. The van der Waals surface area contributed by atoms with Gasteiger partial charge in [0.05, 0.1) is 19.1 Å². The molecule has 92 valence electrons. The van der Waals surface area contributed by atoms with Crippen molar-refractivity contribution in [1.29, 1.82) is 0 Å². The minimum Gasteiger partial charge on any atom is -0.395 e. The number of aliphatic hydroxyl groups is 1. The first-order valence-electron chi connectivity index (χ1n) is 5.63. The van der Waals surface area contributed by atoms with E-state index >= 15 is 0 Å². The van der Waals surface area contributed by atoms with E-state index in [4.69, 9.17) is 0 Å². The van der Waals surface area contributed by atoms with Gasteiger partial charge in [-0.1, -0.05) is 13.8 Å². The number of hydrogen-bond donors (Lipinski definition) is 2. The fourth-order valence-corrected chi connectivity index (χ4v) is 1.93. The van der Waals surface area contributed by atoms with Crippen LogP contribution in [0.5, 0.6) is 0 Å². The Balaban J connectivity index is 2.53. The topological polar surface area (TPSA) is 69.6 Å². The molecule has 1 aliphatic rings. The Hall–Kier alpha value is -0.940. The number of nitrogens with one attached hydrogen (secondary N) is 1. The zero-order valence-corrected chi connectivity index (χ0v) is 10.1. The van der Waals surface area contributed by atoms with E-state index < -0.39 is 6.04 Å². The molecule has 0 aromatic heterocycles. The SMILES string of the molecule is CC(C)CC(CO)NC1CC(=O)N(C)C1=O. The molecule has 1 fully saturated rings. The second-order valence-corrected chi connectivity index (χ2v) is 4.72. The van der Waals surface area contributed by atoms with Crippen molar-refractivity contribution in [2.45, 2.75) is 38.8 Å². The zero-order valence-electron chi connectivity index (χ0n) is 10.1. The third kappa shape index (κ3) is 3.02. The molecule has 0 aliphatic carbocycles. The average Bonchev–Trinajstić information content (AvgIpc) is 2.45. The van der Waals surface area contributed by atoms with Crippen molar-refractivity contribution in [2.24, 2.45) is 5.92 Å². The molecule has 2 atom stereocenters. The number of carbonyl (C=O) groups excluding carboxylic acids is 2. The average molecular weight is 228 g/mol. The Morgan fingerprint density at radius 3 is 2.50 bits per heavy atom. The summed E-state index contributed by atoms with van der Waals surface area (Å²) >= 11 is 0. The van der Waals surface area contributed by atoms with Crippen molar-refractivity contribution < 1.29 is 14.7 Å². The van der Waals surface area contributed by atoms with Gasteiger partial charge in [-0.3, -0.25) is 14.5 Å². The number of hydrogen-bond acceptors (Lipinski definition) is 4. The van der Waals surface area contributed by atoms with E-state index in [0.29, 0.717) is 5.92 Å². The Labute approximate surface area is 95.8 Å². The maximum Gasteiger partial charge on any atom is 0.246 e. The quantitative estimate of drug-likeness (QED) is 0.636. The molecule has 1 rings (SSSR count). The number of likely N-dealkylation sites (N-methyl/N-ethyl adjacent to an activating group) is 1. The van der Waals surface area contributed by atoms with Gasteiger partial charge in [-0.25, -0.2) is 0 Å². The normalized spacial score (nSPS) is 23.3. The highest BCUT2D eigenvalue weighted by Gasteiger charge is 2.36. The summed E-state index contributed by atoms with van der Waals surface area (Å²) in [6, 6.07) is -0.582. The molecule has 1 saturated heterocycles. The minimum absolute atomic E-state index is 0.0140. The summed E-state index contributed by atoms with van der Waals surface area (Å²) in [6.45, 7) is 4.09. The van der Waals surface area contributed by atoms with Crippen LogP contribution in [0.15, 0.2) is 0 Å². The summed E-state index contributed by atoms with van der Waals surface area (Å²) in [4.78, 5) is 24.0. The van der Waals surface area contributed by atoms with Crippen LogP contribution in [0.2, 0.25) is 0 Å². The van der Waals surface area contributed by atoms with Gasteiger partial charge in [0.15, 0.2) is 0 Å². The van der Waals surface area contributed by atoms with Crippen LogP contribution in [0.3, 0.4) is 0 Å². The van der Waals surface area contributed by atoms with Gasteiger partial charge in [0.25, 0.3) is 0 Å². The molecule has 1 aliphatic heterocycles. The fourth-order valence-electron chi connectivity index (χ4n) is 1.93. The molecule has 0 bridgehead atoms. The summed E-state index contributed by atoms with van der Waals surface area (Å²) in [7, 11) is 1.49. The maximum absolute atomic E-state index is 11.6. The van der Waals surface area contributed by atoms with E-state index in [-0.39, 0.29) is 30.9 Å². The molecule has 0 aromatic carbocycles. The summed E-state index contributed by atoms with van der Waals surface area (Å²) < 4.78 is 0. The van der Waals surface area contributed by atoms with Crippen LogP contribution in [0.1, 0.15) is 26.7 Å². The standard InChI is InChI=1S/C11H20N2O3/c1-7(2)4-8(6-14)12-9-5-10(15)13(3)11(9)16/h7-9,12,14H,4-6H2,1-3H3. The van der Waals surface area contributed by atoms with Crippen LogP contribution in [-0.2, 0) is 9.59 Å². The fraction of sp³-hybridized carbons (Fsp3) is 0.818. The molecule has 0 saturated carbocycles. The Morgan fingerprint density at radius 1 is 1.50 bits per heavy atom. The molecule has 2 amide bonds. The Bertz CT molecular complexity index is 278. The van der Waals surface area contributed by atoms with Gasteiger partial charge in [-0.05, 0) is 12.3 Å². The molecule has 1 heterocycles. The van der Waals surface area contributed by atoms with Crippen LogP contribution >= 0.6 is 0 Å². The zero-order chi connectivity index (χ0) is 12.3. The van der Waals surface area contributed by atoms with Crippen LogP contribution in [0.4, 0.5) is 0 Å². The summed E-state index contributed by atoms with van der Waals surface area (Å²) in [5.41, 5.74) is 0. The van der Waals surface area contributed by atoms with Crippen LogP contribution in [0.25, 0.3) is 0 Å². The lowest BCUT2D eigenvalue weighted by Crippen LogP contribution is -2.45. The number of rotatable bonds is 5. The van der Waals surface area contributed by atoms with Gasteiger partial charge < -0.3 is 10.4 Å². The molecular weight excluding hydrogens is 208 g/mol. The number of amides is 2. The van der Waals surface area contributed by atoms with Crippen LogP contribution in [-0.4, -0.2) is 47.6 Å². The second kappa shape index (κ2) is 5.41. The van der Waals surface area contributed by atoms with Crippen LogP contribution in [0, 0.1) is 5.92 Å². The van der Waals surface area contributed by atoms with Crippen molar-refractivity contribution in [1.82, 2.24) is 10.2 Å². The third-order valence-electron chi connectivity index (χ3n) is 2.79. The maximum atomic E-state index is 11.6. The molecule has 0 radical (unpaired) electrons. The molecule has 0 spiro atoms. The first-order chi connectivity index (χ1) is 7.45. The first kappa shape index (κ1) is 13.1. The Morgan fingerprint density at radius 2 is 2.12 bits per heavy atom. The van der Waals surface area contributed by atoms with Gasteiger partial charge in [0, 0.05) is 13.1 Å². The van der Waals surface area contributed by atoms with Crippen molar-refractivity contribution >= 4 is 11.8 Å². The lowest BCUT2D eigenvalue weighted by atomic mass is 10.0. The first-order valence-corrected chi connectivity index (χ1v) is 5.63. The monoisotopic (exact) mass is 228 g/mol. The van der Waals surface area contributed by atoms with Gasteiger partial charge in [-0.2, -0.15) is 0 Å². The lowest BCUT2D eigenvalue weighted by molar-refractivity contribution is -0.137. The van der Waals surface area contributed by atoms with Gasteiger partial charge in [0.1, 0.15) is 0 Å². The summed E-state index contributed by atoms with van der Waals surface area (Å²) in [6.07, 6.45) is 0.988. The number of imide groups is 1. The van der Waals surface area contributed by atoms with Gasteiger partial charge in [-0.15, -0.1) is 0 Å². The van der Waals surface area contributed by atoms with Crippen molar-refractivity contribution in [3.05, 3.63) is 0 Å². The predicted molar refractivity (Wildman–Crippen MR) is 59.6 cm³/mol. The highest BCUT2D eigenvalue weighted by Crippen LogP contribution is 2.13. The number of likely N-dealkylation sites (tertiary alicyclic amines) is 1. The summed E-state index contributed by atoms with van der Waals surface area (Å²) in [5.74, 6) is 0.0746. The van der Waals surface area contributed by atoms with Crippen LogP contribution < -0.4 is 5.32 Å². The van der Waals surface area contributed by atoms with E-state index in [1.807, 2.05) is 0 Å². The van der Waals surface area contributed by atoms with E-state index in [9.17, 15) is 14.7 Å². The van der Waals surface area contributed by atoms with E-state index in [2.05, 4.69) is 19.2 Å². The van der Waals surface area contributed by atoms with Crippen molar-refractivity contribution in [2.75, 3.05) is 13.7 Å². The van der Waals surface area contributed by atoms with Gasteiger partial charge >= 0.3 is 0 Å². The van der Waals surface area contributed by atoms with Crippen molar-refractivity contribution in [3.63, 3.8) is 0 Å². The highest BCUT2D eigenvalue weighted by molar-refractivity contribution is 6.05. The van der Waals surface area contributed by atoms with E-state index in [1.54, 1.807) is 0 Å². The lowest BCUT2D eigenvalue weighted by Gasteiger charge is -2.21. The van der Waals surface area contributed by atoms with Crippen molar-refractivity contribution in [3.8, 4) is 0 Å². The molecule has 16 heavy (non-hydrogen) atoms. The third-order valence-corrected chi connectivity index (χ3v) is 2.79. The molecule has 5 nitrogen and oxygen atoms in total. The smallest absolute Gasteiger partial charge is 0.246 e. The minimum atomic E-state index is -0.464. The summed E-state index contributed by atoms with van der Waals surface area (Å²) in [5, 5.41) is 12.2. The highest BCUT2D eigenvalue weighted by atomic mass is 16.3. The predicted octanol–water partition coefficient (Wildman–Crippen LogP) is -0.260. The van der Waals surface area contributed by atoms with Gasteiger partial charge in [0.2, 0.25) is 11.8 Å². The number of carbonyl (C=O) groups is 2. The molecule has 2 N–H and O–H groups in total. The molecular formula is C11H20N2O3. The molecule has 0 aromatic rings. The number of aliphatic hydroxyl groups excluding tert-OH is 1. The van der Waals surface area contributed by atoms with E-state index in [1.165, 1.54) is 7.05 Å².